The van der Waals surface area contributed by atoms with Gasteiger partial charge in [0.05, 0.1) is 12.7 Å². The third kappa shape index (κ3) is 4.56. The lowest BCUT2D eigenvalue weighted by molar-refractivity contribution is -0.0740. The number of anilines is 1. The van der Waals surface area contributed by atoms with Gasteiger partial charge in [-0.3, -0.25) is 0 Å². The maximum absolute atomic E-state index is 13.3. The van der Waals surface area contributed by atoms with Crippen LogP contribution in [0.25, 0.3) is 0 Å². The second-order valence-electron chi connectivity index (χ2n) is 8.14. The van der Waals surface area contributed by atoms with Crippen LogP contribution in [0.1, 0.15) is 37.7 Å². The number of benzene rings is 1. The average molecular weight is 362 g/mol. The molecule has 26 heavy (non-hydrogen) atoms. The van der Waals surface area contributed by atoms with E-state index in [1.165, 1.54) is 18.5 Å². The van der Waals surface area contributed by atoms with E-state index in [1.807, 2.05) is 13.0 Å². The van der Waals surface area contributed by atoms with E-state index < -0.39 is 0 Å². The van der Waals surface area contributed by atoms with Gasteiger partial charge in [-0.1, -0.05) is 0 Å². The van der Waals surface area contributed by atoms with Gasteiger partial charge in [0.2, 0.25) is 0 Å². The highest BCUT2D eigenvalue weighted by molar-refractivity contribution is 5.53. The van der Waals surface area contributed by atoms with Crippen molar-refractivity contribution in [2.45, 2.75) is 57.2 Å². The summed E-state index contributed by atoms with van der Waals surface area (Å²) in [5.41, 5.74) is 2.19. The number of nitrogens with zero attached hydrogens (tertiary/aromatic N) is 1. The van der Waals surface area contributed by atoms with Crippen LogP contribution in [0.2, 0.25) is 0 Å². The van der Waals surface area contributed by atoms with Gasteiger partial charge in [0.25, 0.3) is 0 Å². The largest absolute Gasteiger partial charge is 0.379 e. The molecule has 2 atom stereocenters. The Kier molecular flexibility index (Phi) is 5.77. The molecule has 2 heterocycles. The Bertz CT molecular complexity index is 600. The fourth-order valence-electron chi connectivity index (χ4n) is 4.17. The van der Waals surface area contributed by atoms with Crippen LogP contribution in [0, 0.1) is 18.7 Å². The van der Waals surface area contributed by atoms with E-state index in [2.05, 4.69) is 10.2 Å². The van der Waals surface area contributed by atoms with E-state index >= 15 is 0 Å². The van der Waals surface area contributed by atoms with Gasteiger partial charge < -0.3 is 19.7 Å². The maximum atomic E-state index is 13.3. The van der Waals surface area contributed by atoms with Gasteiger partial charge in [0.15, 0.2) is 0 Å². The Hall–Kier alpha value is -1.17. The topological polar surface area (TPSA) is 33.7 Å². The lowest BCUT2D eigenvalue weighted by Gasteiger charge is -2.39. The zero-order chi connectivity index (χ0) is 17.9. The first-order valence-electron chi connectivity index (χ1n) is 10.2. The lowest BCUT2D eigenvalue weighted by Crippen LogP contribution is -2.54. The first-order valence-corrected chi connectivity index (χ1v) is 10.2. The number of hydrogen-bond acceptors (Lipinski definition) is 4. The molecule has 1 aliphatic carbocycles. The standard InChI is InChI=1S/C21H31FN2O2/c1-15-12-17(22)4-5-20(15)24-9-6-18(7-10-24)23-19-8-11-25-14-21(19)26-13-16-2-3-16/h4-5,12,16,18-19,21,23H,2-3,6-11,13-14H2,1H3/t19-,21-/m1/s1. The summed E-state index contributed by atoms with van der Waals surface area (Å²) in [6, 6.07) is 6.05. The molecule has 1 aromatic rings. The van der Waals surface area contributed by atoms with Crippen molar-refractivity contribution in [1.82, 2.24) is 5.32 Å². The molecule has 1 saturated carbocycles. The Balaban J connectivity index is 1.28. The summed E-state index contributed by atoms with van der Waals surface area (Å²) in [6.07, 6.45) is 6.11. The van der Waals surface area contributed by atoms with E-state index in [9.17, 15) is 4.39 Å². The molecule has 144 valence electrons. The van der Waals surface area contributed by atoms with E-state index in [0.29, 0.717) is 12.1 Å². The Morgan fingerprint density at radius 1 is 1.19 bits per heavy atom. The molecule has 3 aliphatic rings. The first kappa shape index (κ1) is 18.2. The van der Waals surface area contributed by atoms with Crippen LogP contribution < -0.4 is 10.2 Å². The summed E-state index contributed by atoms with van der Waals surface area (Å²) in [6.45, 7) is 6.47. The van der Waals surface area contributed by atoms with Gasteiger partial charge in [0, 0.05) is 44.1 Å². The minimum atomic E-state index is -0.153. The number of piperidine rings is 1. The van der Waals surface area contributed by atoms with Gasteiger partial charge >= 0.3 is 0 Å². The minimum absolute atomic E-state index is 0.153. The zero-order valence-electron chi connectivity index (χ0n) is 15.8. The number of ether oxygens (including phenoxy) is 2. The maximum Gasteiger partial charge on any atom is 0.123 e. The minimum Gasteiger partial charge on any atom is -0.379 e. The van der Waals surface area contributed by atoms with Gasteiger partial charge in [-0.25, -0.2) is 4.39 Å². The van der Waals surface area contributed by atoms with Crippen molar-refractivity contribution in [2.75, 3.05) is 37.8 Å². The molecule has 5 heteroatoms. The fourth-order valence-corrected chi connectivity index (χ4v) is 4.17. The predicted molar refractivity (Wildman–Crippen MR) is 101 cm³/mol. The monoisotopic (exact) mass is 362 g/mol. The number of aryl methyl sites for hydroxylation is 1. The third-order valence-corrected chi connectivity index (χ3v) is 5.99. The predicted octanol–water partition coefficient (Wildman–Crippen LogP) is 3.28. The molecule has 4 rings (SSSR count). The van der Waals surface area contributed by atoms with Crippen molar-refractivity contribution in [3.05, 3.63) is 29.6 Å². The summed E-state index contributed by atoms with van der Waals surface area (Å²) >= 11 is 0. The van der Waals surface area contributed by atoms with Crippen molar-refractivity contribution >= 4 is 5.69 Å². The van der Waals surface area contributed by atoms with Gasteiger partial charge in [-0.15, -0.1) is 0 Å². The molecular formula is C21H31FN2O2. The van der Waals surface area contributed by atoms with E-state index in [0.717, 1.165) is 63.7 Å². The molecule has 0 spiro atoms. The molecule has 2 aliphatic heterocycles. The molecule has 1 N–H and O–H groups in total. The molecular weight excluding hydrogens is 331 g/mol. The van der Waals surface area contributed by atoms with Gasteiger partial charge in [-0.2, -0.15) is 0 Å². The fraction of sp³-hybridized carbons (Fsp3) is 0.714. The van der Waals surface area contributed by atoms with Crippen molar-refractivity contribution < 1.29 is 13.9 Å². The summed E-state index contributed by atoms with van der Waals surface area (Å²) in [7, 11) is 0. The lowest BCUT2D eigenvalue weighted by atomic mass is 9.99. The SMILES string of the molecule is Cc1cc(F)ccc1N1CCC(N[C@@H]2CCOC[C@H]2OCC2CC2)CC1. The van der Waals surface area contributed by atoms with E-state index in [-0.39, 0.29) is 11.9 Å². The molecule has 0 radical (unpaired) electrons. The normalized spacial score (nSPS) is 27.7. The number of rotatable bonds is 6. The summed E-state index contributed by atoms with van der Waals surface area (Å²) in [4.78, 5) is 2.39. The smallest absolute Gasteiger partial charge is 0.123 e. The molecule has 0 amide bonds. The second-order valence-corrected chi connectivity index (χ2v) is 8.14. The van der Waals surface area contributed by atoms with Crippen LogP contribution in [0.15, 0.2) is 18.2 Å². The number of halogens is 1. The van der Waals surface area contributed by atoms with Crippen molar-refractivity contribution in [3.63, 3.8) is 0 Å². The first-order chi connectivity index (χ1) is 12.7. The third-order valence-electron chi connectivity index (χ3n) is 5.99. The molecule has 1 aromatic carbocycles. The summed E-state index contributed by atoms with van der Waals surface area (Å²) < 4.78 is 25.1. The van der Waals surface area contributed by atoms with Gasteiger partial charge in [0.1, 0.15) is 5.82 Å². The second kappa shape index (κ2) is 8.24. The quantitative estimate of drug-likeness (QED) is 0.842. The van der Waals surface area contributed by atoms with E-state index in [1.54, 1.807) is 12.1 Å². The number of hydrogen-bond donors (Lipinski definition) is 1. The average Bonchev–Trinajstić information content (AvgIpc) is 3.46. The molecule has 0 aromatic heterocycles. The molecule has 3 fully saturated rings. The van der Waals surface area contributed by atoms with Crippen molar-refractivity contribution in [3.8, 4) is 0 Å². The molecule has 0 unspecified atom stereocenters. The van der Waals surface area contributed by atoms with Crippen LogP contribution in [0.5, 0.6) is 0 Å². The highest BCUT2D eigenvalue weighted by Gasteiger charge is 2.32. The number of nitrogens with one attached hydrogen (secondary N) is 1. The van der Waals surface area contributed by atoms with Crippen molar-refractivity contribution in [2.24, 2.45) is 5.92 Å². The van der Waals surface area contributed by atoms with Crippen molar-refractivity contribution in [1.29, 1.82) is 0 Å². The summed E-state index contributed by atoms with van der Waals surface area (Å²) in [5.74, 6) is 0.638. The van der Waals surface area contributed by atoms with E-state index in [4.69, 9.17) is 9.47 Å². The van der Waals surface area contributed by atoms with Crippen LogP contribution in [0.4, 0.5) is 10.1 Å². The highest BCUT2D eigenvalue weighted by Crippen LogP contribution is 2.30. The molecule has 2 saturated heterocycles. The van der Waals surface area contributed by atoms with Crippen LogP contribution in [0.3, 0.4) is 0 Å². The Morgan fingerprint density at radius 2 is 2.00 bits per heavy atom. The van der Waals surface area contributed by atoms with Crippen LogP contribution in [-0.4, -0.2) is 51.1 Å². The summed E-state index contributed by atoms with van der Waals surface area (Å²) in [5, 5.41) is 3.86. The van der Waals surface area contributed by atoms with Crippen LogP contribution >= 0.6 is 0 Å². The molecule has 4 nitrogen and oxygen atoms in total. The van der Waals surface area contributed by atoms with Crippen LogP contribution in [-0.2, 0) is 9.47 Å². The molecule has 0 bridgehead atoms. The zero-order valence-corrected chi connectivity index (χ0v) is 15.8. The highest BCUT2D eigenvalue weighted by atomic mass is 19.1. The Labute approximate surface area is 156 Å². The Morgan fingerprint density at radius 3 is 2.73 bits per heavy atom. The van der Waals surface area contributed by atoms with Gasteiger partial charge in [-0.05, 0) is 68.7 Å².